The van der Waals surface area contributed by atoms with Crippen LogP contribution in [0.3, 0.4) is 0 Å². The van der Waals surface area contributed by atoms with Crippen LogP contribution in [0.25, 0.3) is 0 Å². The summed E-state index contributed by atoms with van der Waals surface area (Å²) in [4.78, 5) is 36.4. The minimum absolute atomic E-state index is 0.234. The quantitative estimate of drug-likeness (QED) is 0.601. The van der Waals surface area contributed by atoms with Gasteiger partial charge in [0.2, 0.25) is 5.37 Å². The third-order valence-corrected chi connectivity index (χ3v) is 5.19. The van der Waals surface area contributed by atoms with Crippen molar-refractivity contribution in [1.82, 2.24) is 10.3 Å². The minimum atomic E-state index is -1.14. The third-order valence-electron chi connectivity index (χ3n) is 4.15. The molecule has 1 aliphatic rings. The molecule has 152 valence electrons. The Morgan fingerprint density at radius 2 is 2.00 bits per heavy atom. The molecule has 8 nitrogen and oxygen atoms in total. The van der Waals surface area contributed by atoms with Crippen LogP contribution in [0.4, 0.5) is 0 Å². The first-order valence-electron chi connectivity index (χ1n) is 9.07. The van der Waals surface area contributed by atoms with Gasteiger partial charge in [0.1, 0.15) is 6.04 Å². The Morgan fingerprint density at radius 1 is 1.32 bits per heavy atom. The summed E-state index contributed by atoms with van der Waals surface area (Å²) in [5, 5.41) is 16.7. The highest BCUT2D eigenvalue weighted by Crippen LogP contribution is 2.26. The Hall–Kier alpha value is -2.39. The Kier molecular flexibility index (Phi) is 8.01. The minimum Gasteiger partial charge on any atom is -0.479 e. The van der Waals surface area contributed by atoms with Crippen LogP contribution < -0.4 is 5.32 Å². The van der Waals surface area contributed by atoms with Crippen LogP contribution in [-0.2, 0) is 25.5 Å². The second-order valence-corrected chi connectivity index (χ2v) is 7.60. The lowest BCUT2D eigenvalue weighted by atomic mass is 10.0. The summed E-state index contributed by atoms with van der Waals surface area (Å²) in [6.07, 6.45) is 1.08. The fourth-order valence-corrected chi connectivity index (χ4v) is 3.61. The molecule has 9 heteroatoms. The van der Waals surface area contributed by atoms with E-state index in [2.05, 4.69) is 10.4 Å². The number of nitrogens with one attached hydrogen (secondary N) is 1. The van der Waals surface area contributed by atoms with Crippen molar-refractivity contribution >= 4 is 34.7 Å². The zero-order valence-corrected chi connectivity index (χ0v) is 16.9. The van der Waals surface area contributed by atoms with E-state index in [0.29, 0.717) is 17.9 Å². The van der Waals surface area contributed by atoms with Gasteiger partial charge in [0, 0.05) is 0 Å². The normalized spacial score (nSPS) is 18.3. The number of aryl methyl sites for hydroxylation is 1. The van der Waals surface area contributed by atoms with E-state index in [1.165, 1.54) is 0 Å². The number of ether oxygens (including phenoxy) is 1. The number of benzene rings is 1. The molecule has 2 N–H and O–H groups in total. The number of carboxylic acids is 1. The monoisotopic (exact) mass is 407 g/mol. The number of hydrogen-bond acceptors (Lipinski definition) is 7. The van der Waals surface area contributed by atoms with E-state index in [-0.39, 0.29) is 6.61 Å². The molecule has 2 rings (SSSR count). The van der Waals surface area contributed by atoms with Crippen molar-refractivity contribution in [3.05, 3.63) is 35.9 Å². The van der Waals surface area contributed by atoms with Gasteiger partial charge in [-0.05, 0) is 39.2 Å². The number of aliphatic carboxylic acids is 1. The first-order chi connectivity index (χ1) is 13.3. The Bertz CT molecular complexity index is 740. The first kappa shape index (κ1) is 21.9. The molecule has 0 unspecified atom stereocenters. The summed E-state index contributed by atoms with van der Waals surface area (Å²) < 4.78 is 5.12. The topological polar surface area (TPSA) is 108 Å². The zero-order valence-electron chi connectivity index (χ0n) is 16.1. The molecular formula is C19H25N3O5S. The smallest absolute Gasteiger partial charge is 0.339 e. The maximum atomic E-state index is 12.7. The largest absolute Gasteiger partial charge is 0.479 e. The molecule has 28 heavy (non-hydrogen) atoms. The number of carbonyl (C=O) groups is 3. The molecule has 0 radical (unpaired) electrons. The fourth-order valence-electron chi connectivity index (χ4n) is 2.80. The predicted molar refractivity (Wildman–Crippen MR) is 107 cm³/mol. The maximum absolute atomic E-state index is 12.7. The van der Waals surface area contributed by atoms with E-state index in [9.17, 15) is 19.5 Å². The molecule has 1 aromatic rings. The van der Waals surface area contributed by atoms with Crippen molar-refractivity contribution in [2.24, 2.45) is 5.10 Å². The number of carboxylic acid groups (broad SMARTS) is 1. The lowest BCUT2D eigenvalue weighted by Gasteiger charge is -2.25. The summed E-state index contributed by atoms with van der Waals surface area (Å²) in [7, 11) is 0. The number of carbonyl (C=O) groups excluding carboxylic acids is 2. The van der Waals surface area contributed by atoms with Crippen molar-refractivity contribution in [2.75, 3.05) is 6.61 Å². The van der Waals surface area contributed by atoms with E-state index in [4.69, 9.17) is 4.74 Å². The van der Waals surface area contributed by atoms with Crippen molar-refractivity contribution in [3.8, 4) is 0 Å². The molecule has 0 saturated carbocycles. The molecule has 3 atom stereocenters. The molecule has 1 aliphatic heterocycles. The number of amides is 1. The SMILES string of the molecule is CCOC(=O)[C@H](CCc1ccccc1)N[C@@H](C)C(=O)N1N=C(C)S[C@H]1C(=O)O. The number of thioether (sulfide) groups is 1. The molecule has 0 saturated heterocycles. The Morgan fingerprint density at radius 3 is 2.61 bits per heavy atom. The molecule has 0 fully saturated rings. The van der Waals surface area contributed by atoms with Gasteiger partial charge >= 0.3 is 11.9 Å². The van der Waals surface area contributed by atoms with Gasteiger partial charge < -0.3 is 9.84 Å². The van der Waals surface area contributed by atoms with E-state index in [1.54, 1.807) is 20.8 Å². The molecule has 1 aromatic carbocycles. The molecule has 0 aliphatic carbocycles. The lowest BCUT2D eigenvalue weighted by Crippen LogP contribution is -2.52. The fraction of sp³-hybridized carbons (Fsp3) is 0.474. The molecule has 0 spiro atoms. The Labute approximate surface area is 168 Å². The van der Waals surface area contributed by atoms with E-state index in [0.717, 1.165) is 22.3 Å². The summed E-state index contributed by atoms with van der Waals surface area (Å²) in [6, 6.07) is 8.20. The summed E-state index contributed by atoms with van der Waals surface area (Å²) in [5.41, 5.74) is 1.07. The van der Waals surface area contributed by atoms with Gasteiger partial charge in [-0.1, -0.05) is 42.1 Å². The standard InChI is InChI=1S/C19H25N3O5S/c1-4-27-19(26)15(11-10-14-8-6-5-7-9-14)20-12(2)16(23)22-17(18(24)25)28-13(3)21-22/h5-9,12,15,17,20H,4,10-11H2,1-3H3,(H,24,25)/t12-,15-,17-/m0/s1. The zero-order chi connectivity index (χ0) is 20.7. The highest BCUT2D eigenvalue weighted by atomic mass is 32.2. The molecule has 0 aromatic heterocycles. The second-order valence-electron chi connectivity index (χ2n) is 6.33. The lowest BCUT2D eigenvalue weighted by molar-refractivity contribution is -0.149. The van der Waals surface area contributed by atoms with Crippen LogP contribution in [0.15, 0.2) is 35.4 Å². The molecular weight excluding hydrogens is 382 g/mol. The van der Waals surface area contributed by atoms with Gasteiger partial charge in [0.25, 0.3) is 5.91 Å². The number of esters is 1. The molecule has 0 bridgehead atoms. The first-order valence-corrected chi connectivity index (χ1v) is 9.95. The highest BCUT2D eigenvalue weighted by Gasteiger charge is 2.38. The van der Waals surface area contributed by atoms with Crippen LogP contribution in [0.2, 0.25) is 0 Å². The third kappa shape index (κ3) is 5.80. The van der Waals surface area contributed by atoms with Gasteiger partial charge in [0.15, 0.2) is 0 Å². The molecule has 1 heterocycles. The average molecular weight is 407 g/mol. The van der Waals surface area contributed by atoms with Crippen molar-refractivity contribution in [2.45, 2.75) is 51.1 Å². The predicted octanol–water partition coefficient (Wildman–Crippen LogP) is 1.85. The number of hydrogen-bond donors (Lipinski definition) is 2. The van der Waals surface area contributed by atoms with Crippen LogP contribution in [0.5, 0.6) is 0 Å². The van der Waals surface area contributed by atoms with Crippen LogP contribution in [0.1, 0.15) is 32.8 Å². The van der Waals surface area contributed by atoms with Crippen molar-refractivity contribution in [3.63, 3.8) is 0 Å². The number of rotatable bonds is 9. The van der Waals surface area contributed by atoms with Crippen LogP contribution in [-0.4, -0.2) is 57.1 Å². The molecule has 1 amide bonds. The maximum Gasteiger partial charge on any atom is 0.339 e. The highest BCUT2D eigenvalue weighted by molar-refractivity contribution is 8.15. The van der Waals surface area contributed by atoms with Crippen molar-refractivity contribution < 1.29 is 24.2 Å². The van der Waals surface area contributed by atoms with E-state index >= 15 is 0 Å². The summed E-state index contributed by atoms with van der Waals surface area (Å²) in [6.45, 7) is 5.19. The van der Waals surface area contributed by atoms with Gasteiger partial charge in [-0.25, -0.2) is 9.80 Å². The summed E-state index contributed by atoms with van der Waals surface area (Å²) in [5.74, 6) is -2.09. The second kappa shape index (κ2) is 10.2. The van der Waals surface area contributed by atoms with Crippen LogP contribution >= 0.6 is 11.8 Å². The Balaban J connectivity index is 2.05. The summed E-state index contributed by atoms with van der Waals surface area (Å²) >= 11 is 1.00. The van der Waals surface area contributed by atoms with Crippen molar-refractivity contribution in [1.29, 1.82) is 0 Å². The van der Waals surface area contributed by atoms with Gasteiger partial charge in [-0.2, -0.15) is 5.10 Å². The number of nitrogens with zero attached hydrogens (tertiary/aromatic N) is 2. The van der Waals surface area contributed by atoms with Crippen LogP contribution in [0, 0.1) is 0 Å². The average Bonchev–Trinajstić information content (AvgIpc) is 3.07. The number of hydrazone groups is 1. The van der Waals surface area contributed by atoms with E-state index < -0.39 is 35.3 Å². The van der Waals surface area contributed by atoms with Gasteiger partial charge in [-0.3, -0.25) is 14.9 Å². The van der Waals surface area contributed by atoms with Gasteiger partial charge in [-0.15, -0.1) is 0 Å². The van der Waals surface area contributed by atoms with E-state index in [1.807, 2.05) is 30.3 Å². The van der Waals surface area contributed by atoms with Gasteiger partial charge in [0.05, 0.1) is 17.7 Å².